The number of hydrogen-bond donors (Lipinski definition) is 2. The van der Waals surface area contributed by atoms with Crippen molar-refractivity contribution in [3.63, 3.8) is 0 Å². The molecule has 0 bridgehead atoms. The van der Waals surface area contributed by atoms with Gasteiger partial charge >= 0.3 is 0 Å². The lowest BCUT2D eigenvalue weighted by molar-refractivity contribution is 0.0599. The summed E-state index contributed by atoms with van der Waals surface area (Å²) in [7, 11) is 0. The molecule has 1 aliphatic carbocycles. The van der Waals surface area contributed by atoms with Crippen molar-refractivity contribution >= 4 is 5.69 Å². The zero-order chi connectivity index (χ0) is 14.0. The number of nitrogens with two attached hydrogens (primary N) is 1. The first-order chi connectivity index (χ1) is 9.69. The Hall–Kier alpha value is -1.06. The van der Waals surface area contributed by atoms with E-state index in [0.29, 0.717) is 17.6 Å². The summed E-state index contributed by atoms with van der Waals surface area (Å²) in [6, 6.07) is 7.65. The lowest BCUT2D eigenvalue weighted by Crippen LogP contribution is -2.40. The van der Waals surface area contributed by atoms with Crippen LogP contribution in [0.1, 0.15) is 50.2 Å². The van der Waals surface area contributed by atoms with E-state index in [-0.39, 0.29) is 0 Å². The molecule has 3 nitrogen and oxygen atoms in total. The molecular weight excluding hydrogens is 248 g/mol. The van der Waals surface area contributed by atoms with Crippen molar-refractivity contribution in [1.82, 2.24) is 4.90 Å². The number of anilines is 1. The first kappa shape index (κ1) is 13.9. The van der Waals surface area contributed by atoms with E-state index in [4.69, 9.17) is 5.73 Å². The van der Waals surface area contributed by atoms with E-state index < -0.39 is 6.10 Å². The van der Waals surface area contributed by atoms with E-state index in [1.54, 1.807) is 0 Å². The van der Waals surface area contributed by atoms with Crippen molar-refractivity contribution in [2.45, 2.75) is 44.6 Å². The normalized spacial score (nSPS) is 24.1. The second kappa shape index (κ2) is 5.74. The minimum Gasteiger partial charge on any atom is -0.398 e. The fourth-order valence-corrected chi connectivity index (χ4v) is 3.99. The van der Waals surface area contributed by atoms with Crippen molar-refractivity contribution in [2.75, 3.05) is 25.4 Å². The van der Waals surface area contributed by atoms with Crippen LogP contribution in [-0.4, -0.2) is 29.6 Å². The van der Waals surface area contributed by atoms with E-state index in [9.17, 15) is 5.11 Å². The summed E-state index contributed by atoms with van der Waals surface area (Å²) in [5.41, 5.74) is 8.16. The van der Waals surface area contributed by atoms with Crippen LogP contribution in [0.15, 0.2) is 24.3 Å². The maximum Gasteiger partial charge on any atom is 0.0936 e. The van der Waals surface area contributed by atoms with Gasteiger partial charge in [-0.05, 0) is 50.3 Å². The van der Waals surface area contributed by atoms with Gasteiger partial charge in [-0.3, -0.25) is 0 Å². The molecule has 2 fully saturated rings. The number of piperidine rings is 1. The summed E-state index contributed by atoms with van der Waals surface area (Å²) in [4.78, 5) is 2.40. The van der Waals surface area contributed by atoms with Crippen molar-refractivity contribution in [2.24, 2.45) is 5.41 Å². The second-order valence-corrected chi connectivity index (χ2v) is 6.65. The number of hydrogen-bond acceptors (Lipinski definition) is 3. The Kier molecular flexibility index (Phi) is 3.99. The fraction of sp³-hybridized carbons (Fsp3) is 0.647. The van der Waals surface area contributed by atoms with Gasteiger partial charge in [0.25, 0.3) is 0 Å². The third kappa shape index (κ3) is 2.84. The highest BCUT2D eigenvalue weighted by Crippen LogP contribution is 2.46. The number of likely N-dealkylation sites (tertiary alicyclic amines) is 1. The molecule has 110 valence electrons. The third-order valence-corrected chi connectivity index (χ3v) is 5.37. The molecule has 1 atom stereocenters. The molecule has 1 spiro atoms. The number of aliphatic hydroxyl groups excluding tert-OH is 1. The van der Waals surface area contributed by atoms with Gasteiger partial charge in [-0.25, -0.2) is 0 Å². The van der Waals surface area contributed by atoms with Crippen LogP contribution in [0.4, 0.5) is 5.69 Å². The minimum atomic E-state index is -0.464. The van der Waals surface area contributed by atoms with Crippen molar-refractivity contribution in [3.05, 3.63) is 29.8 Å². The van der Waals surface area contributed by atoms with Gasteiger partial charge in [-0.15, -0.1) is 0 Å². The average Bonchev–Trinajstić information content (AvgIpc) is 2.90. The lowest BCUT2D eigenvalue weighted by Gasteiger charge is -2.40. The second-order valence-electron chi connectivity index (χ2n) is 6.65. The maximum atomic E-state index is 10.4. The molecule has 1 saturated heterocycles. The monoisotopic (exact) mass is 274 g/mol. The molecule has 3 N–H and O–H groups in total. The molecule has 1 aromatic rings. The SMILES string of the molecule is Nc1ccccc1C(O)CN1CCC2(CCCC2)CC1. The number of benzene rings is 1. The summed E-state index contributed by atoms with van der Waals surface area (Å²) in [6.45, 7) is 2.97. The van der Waals surface area contributed by atoms with Crippen molar-refractivity contribution in [1.29, 1.82) is 0 Å². The van der Waals surface area contributed by atoms with Crippen LogP contribution in [0.3, 0.4) is 0 Å². The number of nitrogen functional groups attached to an aromatic ring is 1. The first-order valence-electron chi connectivity index (χ1n) is 7.93. The molecule has 3 heteroatoms. The van der Waals surface area contributed by atoms with Crippen molar-refractivity contribution < 1.29 is 5.11 Å². The molecule has 1 heterocycles. The molecule has 1 saturated carbocycles. The fourth-order valence-electron chi connectivity index (χ4n) is 3.99. The quantitative estimate of drug-likeness (QED) is 0.833. The van der Waals surface area contributed by atoms with Crippen LogP contribution in [-0.2, 0) is 0 Å². The smallest absolute Gasteiger partial charge is 0.0936 e. The van der Waals surface area contributed by atoms with E-state index in [2.05, 4.69) is 4.90 Å². The van der Waals surface area contributed by atoms with Gasteiger partial charge in [0.05, 0.1) is 6.10 Å². The molecule has 20 heavy (non-hydrogen) atoms. The largest absolute Gasteiger partial charge is 0.398 e. The van der Waals surface area contributed by atoms with Crippen LogP contribution in [0, 0.1) is 5.41 Å². The van der Waals surface area contributed by atoms with Crippen LogP contribution in [0.5, 0.6) is 0 Å². The highest BCUT2D eigenvalue weighted by molar-refractivity contribution is 5.47. The molecule has 2 aliphatic rings. The highest BCUT2D eigenvalue weighted by atomic mass is 16.3. The van der Waals surface area contributed by atoms with E-state index in [1.807, 2.05) is 24.3 Å². The summed E-state index contributed by atoms with van der Waals surface area (Å²) in [5, 5.41) is 10.4. The van der Waals surface area contributed by atoms with Gasteiger partial charge in [0.2, 0.25) is 0 Å². The standard InChI is InChI=1S/C17H26N2O/c18-15-6-2-1-5-14(15)16(20)13-19-11-9-17(10-12-19)7-3-4-8-17/h1-2,5-6,16,20H,3-4,7-13,18H2. The third-order valence-electron chi connectivity index (χ3n) is 5.37. The Balaban J connectivity index is 1.56. The Bertz CT molecular complexity index is 444. The average molecular weight is 274 g/mol. The van der Waals surface area contributed by atoms with Gasteiger partial charge in [0.1, 0.15) is 0 Å². The van der Waals surface area contributed by atoms with Gasteiger partial charge < -0.3 is 15.7 Å². The first-order valence-corrected chi connectivity index (χ1v) is 7.93. The molecule has 1 aliphatic heterocycles. The minimum absolute atomic E-state index is 0.464. The Morgan fingerprint density at radius 1 is 1.10 bits per heavy atom. The van der Waals surface area contributed by atoms with Gasteiger partial charge in [0.15, 0.2) is 0 Å². The predicted octanol–water partition coefficient (Wildman–Crippen LogP) is 2.96. The highest BCUT2D eigenvalue weighted by Gasteiger charge is 2.37. The summed E-state index contributed by atoms with van der Waals surface area (Å²) in [5.74, 6) is 0. The maximum absolute atomic E-state index is 10.4. The predicted molar refractivity (Wildman–Crippen MR) is 82.4 cm³/mol. The molecule has 1 aromatic carbocycles. The Labute approximate surface area is 121 Å². The summed E-state index contributed by atoms with van der Waals surface area (Å²) < 4.78 is 0. The summed E-state index contributed by atoms with van der Waals surface area (Å²) in [6.07, 6.45) is 7.85. The van der Waals surface area contributed by atoms with Gasteiger partial charge in [-0.2, -0.15) is 0 Å². The van der Waals surface area contributed by atoms with Crippen LogP contribution in [0.2, 0.25) is 0 Å². The van der Waals surface area contributed by atoms with E-state index in [1.165, 1.54) is 38.5 Å². The Morgan fingerprint density at radius 3 is 2.40 bits per heavy atom. The van der Waals surface area contributed by atoms with E-state index >= 15 is 0 Å². The zero-order valence-corrected chi connectivity index (χ0v) is 12.2. The number of rotatable bonds is 3. The molecule has 1 unspecified atom stereocenters. The molecule has 0 amide bonds. The van der Waals surface area contributed by atoms with Gasteiger partial charge in [0, 0.05) is 17.8 Å². The van der Waals surface area contributed by atoms with Gasteiger partial charge in [-0.1, -0.05) is 31.0 Å². The molecular formula is C17H26N2O. The number of para-hydroxylation sites is 1. The van der Waals surface area contributed by atoms with Crippen LogP contribution < -0.4 is 5.73 Å². The van der Waals surface area contributed by atoms with Crippen LogP contribution in [0.25, 0.3) is 0 Å². The number of aliphatic hydroxyl groups is 1. The van der Waals surface area contributed by atoms with Crippen LogP contribution >= 0.6 is 0 Å². The molecule has 0 radical (unpaired) electrons. The Morgan fingerprint density at radius 2 is 1.75 bits per heavy atom. The number of nitrogens with zero attached hydrogens (tertiary/aromatic N) is 1. The van der Waals surface area contributed by atoms with Crippen molar-refractivity contribution in [3.8, 4) is 0 Å². The molecule has 0 aromatic heterocycles. The molecule has 3 rings (SSSR count). The van der Waals surface area contributed by atoms with E-state index in [0.717, 1.165) is 18.7 Å². The summed E-state index contributed by atoms with van der Waals surface area (Å²) >= 11 is 0. The zero-order valence-electron chi connectivity index (χ0n) is 12.2. The topological polar surface area (TPSA) is 49.5 Å². The number of β-amino-alcohol motifs (C(OH)–C–C–N with tert-alkyl or cyclic N) is 1. The lowest BCUT2D eigenvalue weighted by atomic mass is 9.77.